The minimum atomic E-state index is 0.127. The first kappa shape index (κ1) is 11.5. The van der Waals surface area contributed by atoms with E-state index in [-0.39, 0.29) is 6.61 Å². The van der Waals surface area contributed by atoms with Gasteiger partial charge in [-0.1, -0.05) is 25.5 Å². The predicted octanol–water partition coefficient (Wildman–Crippen LogP) is 3.17. The van der Waals surface area contributed by atoms with Gasteiger partial charge in [-0.05, 0) is 42.9 Å². The van der Waals surface area contributed by atoms with Gasteiger partial charge in [0.1, 0.15) is 0 Å². The molecule has 1 aromatic rings. The minimum Gasteiger partial charge on any atom is -0.392 e. The quantitative estimate of drug-likeness (QED) is 0.815. The molecule has 2 nitrogen and oxygen atoms in total. The zero-order valence-electron chi connectivity index (χ0n) is 9.95. The lowest BCUT2D eigenvalue weighted by molar-refractivity contribution is 0.282. The Morgan fingerprint density at radius 1 is 1.25 bits per heavy atom. The van der Waals surface area contributed by atoms with Gasteiger partial charge in [-0.2, -0.15) is 0 Å². The molecule has 2 N–H and O–H groups in total. The topological polar surface area (TPSA) is 32.3 Å². The third-order valence-electron chi connectivity index (χ3n) is 3.63. The zero-order chi connectivity index (χ0) is 11.4. The number of hydrogen-bond donors (Lipinski definition) is 2. The van der Waals surface area contributed by atoms with Crippen LogP contribution < -0.4 is 5.32 Å². The summed E-state index contributed by atoms with van der Waals surface area (Å²) in [5.74, 6) is 0.911. The van der Waals surface area contributed by atoms with E-state index in [2.05, 4.69) is 24.4 Å². The van der Waals surface area contributed by atoms with Crippen molar-refractivity contribution in [3.05, 3.63) is 29.8 Å². The third kappa shape index (κ3) is 2.76. The Bertz CT molecular complexity index is 320. The molecular weight excluding hydrogens is 198 g/mol. The first-order valence-corrected chi connectivity index (χ1v) is 6.28. The highest BCUT2D eigenvalue weighted by molar-refractivity contribution is 5.45. The highest BCUT2D eigenvalue weighted by Gasteiger charge is 2.22. The molecule has 0 aromatic heterocycles. The van der Waals surface area contributed by atoms with E-state index in [1.165, 1.54) is 31.4 Å². The molecule has 2 atom stereocenters. The van der Waals surface area contributed by atoms with Gasteiger partial charge in [0.05, 0.1) is 6.61 Å². The van der Waals surface area contributed by atoms with Crippen LogP contribution in [-0.4, -0.2) is 11.1 Å². The summed E-state index contributed by atoms with van der Waals surface area (Å²) in [6.45, 7) is 2.41. The summed E-state index contributed by atoms with van der Waals surface area (Å²) in [5.41, 5.74) is 2.15. The molecule has 0 radical (unpaired) electrons. The van der Waals surface area contributed by atoms with Gasteiger partial charge in [0.2, 0.25) is 0 Å². The average Bonchev–Trinajstić information content (AvgIpc) is 2.78. The summed E-state index contributed by atoms with van der Waals surface area (Å²) >= 11 is 0. The van der Waals surface area contributed by atoms with Crippen LogP contribution in [0.25, 0.3) is 0 Å². The molecule has 2 unspecified atom stereocenters. The van der Waals surface area contributed by atoms with Crippen molar-refractivity contribution in [2.24, 2.45) is 5.92 Å². The Labute approximate surface area is 97.7 Å². The summed E-state index contributed by atoms with van der Waals surface area (Å²) < 4.78 is 0. The number of rotatable bonds is 4. The molecule has 1 aromatic carbocycles. The fourth-order valence-electron chi connectivity index (χ4n) is 2.52. The van der Waals surface area contributed by atoms with Crippen LogP contribution in [-0.2, 0) is 6.61 Å². The zero-order valence-corrected chi connectivity index (χ0v) is 9.95. The summed E-state index contributed by atoms with van der Waals surface area (Å²) in [5, 5.41) is 12.5. The monoisotopic (exact) mass is 219 g/mol. The van der Waals surface area contributed by atoms with Crippen LogP contribution in [0.15, 0.2) is 24.3 Å². The van der Waals surface area contributed by atoms with Gasteiger partial charge in [0.25, 0.3) is 0 Å². The molecule has 88 valence electrons. The molecule has 2 heteroatoms. The summed E-state index contributed by atoms with van der Waals surface area (Å²) in [6, 6.07) is 8.73. The summed E-state index contributed by atoms with van der Waals surface area (Å²) in [6.07, 6.45) is 5.27. The van der Waals surface area contributed by atoms with Crippen molar-refractivity contribution < 1.29 is 5.11 Å². The van der Waals surface area contributed by atoms with Crippen molar-refractivity contribution in [2.75, 3.05) is 5.32 Å². The molecule has 16 heavy (non-hydrogen) atoms. The van der Waals surface area contributed by atoms with Crippen molar-refractivity contribution in [1.29, 1.82) is 0 Å². The molecule has 0 saturated heterocycles. The van der Waals surface area contributed by atoms with Gasteiger partial charge in [0, 0.05) is 11.7 Å². The third-order valence-corrected chi connectivity index (χ3v) is 3.63. The van der Waals surface area contributed by atoms with Crippen molar-refractivity contribution in [1.82, 2.24) is 0 Å². The fraction of sp³-hybridized carbons (Fsp3) is 0.571. The Morgan fingerprint density at radius 3 is 2.56 bits per heavy atom. The van der Waals surface area contributed by atoms with E-state index >= 15 is 0 Å². The highest BCUT2D eigenvalue weighted by atomic mass is 16.3. The molecule has 1 aliphatic carbocycles. The molecule has 0 heterocycles. The largest absolute Gasteiger partial charge is 0.392 e. The fourth-order valence-corrected chi connectivity index (χ4v) is 2.52. The summed E-state index contributed by atoms with van der Waals surface area (Å²) in [4.78, 5) is 0. The maximum absolute atomic E-state index is 8.96. The van der Waals surface area contributed by atoms with E-state index in [0.29, 0.717) is 6.04 Å². The highest BCUT2D eigenvalue weighted by Crippen LogP contribution is 2.30. The molecule has 1 saturated carbocycles. The van der Waals surface area contributed by atoms with Gasteiger partial charge in [0.15, 0.2) is 0 Å². The molecule has 1 aliphatic rings. The molecule has 0 bridgehead atoms. The first-order chi connectivity index (χ1) is 7.81. The normalized spacial score (nSPS) is 24.6. The lowest BCUT2D eigenvalue weighted by Gasteiger charge is -2.14. The number of aliphatic hydroxyl groups is 1. The van der Waals surface area contributed by atoms with Crippen LogP contribution in [0.5, 0.6) is 0 Å². The van der Waals surface area contributed by atoms with Gasteiger partial charge < -0.3 is 10.4 Å². The van der Waals surface area contributed by atoms with E-state index in [4.69, 9.17) is 5.11 Å². The predicted molar refractivity (Wildman–Crippen MR) is 67.4 cm³/mol. The van der Waals surface area contributed by atoms with E-state index in [1.54, 1.807) is 0 Å². The van der Waals surface area contributed by atoms with Crippen molar-refractivity contribution >= 4 is 5.69 Å². The maximum atomic E-state index is 8.96. The number of anilines is 1. The van der Waals surface area contributed by atoms with Gasteiger partial charge >= 0.3 is 0 Å². The number of nitrogens with one attached hydrogen (secondary N) is 1. The van der Waals surface area contributed by atoms with Gasteiger partial charge in [-0.3, -0.25) is 0 Å². The lowest BCUT2D eigenvalue weighted by Crippen LogP contribution is -2.15. The molecule has 2 rings (SSSR count). The Kier molecular flexibility index (Phi) is 3.83. The van der Waals surface area contributed by atoms with E-state index in [9.17, 15) is 0 Å². The van der Waals surface area contributed by atoms with E-state index in [1.807, 2.05) is 12.1 Å². The second-order valence-electron chi connectivity index (χ2n) is 4.78. The van der Waals surface area contributed by atoms with Gasteiger partial charge in [-0.15, -0.1) is 0 Å². The van der Waals surface area contributed by atoms with E-state index < -0.39 is 0 Å². The molecule has 0 aliphatic heterocycles. The SMILES string of the molecule is CCC1CCC(Nc2ccc(CO)cc2)C1. The number of benzene rings is 1. The van der Waals surface area contributed by atoms with Gasteiger partial charge in [-0.25, -0.2) is 0 Å². The number of hydrogen-bond acceptors (Lipinski definition) is 2. The van der Waals surface area contributed by atoms with Crippen LogP contribution in [0, 0.1) is 5.92 Å². The minimum absolute atomic E-state index is 0.127. The van der Waals surface area contributed by atoms with Crippen molar-refractivity contribution in [3.63, 3.8) is 0 Å². The van der Waals surface area contributed by atoms with Crippen LogP contribution >= 0.6 is 0 Å². The Morgan fingerprint density at radius 2 is 2.00 bits per heavy atom. The molecule has 0 spiro atoms. The second kappa shape index (κ2) is 5.35. The number of aliphatic hydroxyl groups excluding tert-OH is 1. The standard InChI is InChI=1S/C14H21NO/c1-2-11-3-8-14(9-11)15-13-6-4-12(10-16)5-7-13/h4-7,11,14-16H,2-3,8-10H2,1H3. The van der Waals surface area contributed by atoms with Crippen LogP contribution in [0.3, 0.4) is 0 Å². The van der Waals surface area contributed by atoms with Crippen LogP contribution in [0.1, 0.15) is 38.2 Å². The summed E-state index contributed by atoms with van der Waals surface area (Å²) in [7, 11) is 0. The smallest absolute Gasteiger partial charge is 0.0681 e. The lowest BCUT2D eigenvalue weighted by atomic mass is 10.1. The average molecular weight is 219 g/mol. The van der Waals surface area contributed by atoms with E-state index in [0.717, 1.165) is 11.5 Å². The molecular formula is C14H21NO. The maximum Gasteiger partial charge on any atom is 0.0681 e. The first-order valence-electron chi connectivity index (χ1n) is 6.28. The van der Waals surface area contributed by atoms with Crippen LogP contribution in [0.4, 0.5) is 5.69 Å². The Hall–Kier alpha value is -1.02. The van der Waals surface area contributed by atoms with Crippen molar-refractivity contribution in [3.8, 4) is 0 Å². The van der Waals surface area contributed by atoms with Crippen LogP contribution in [0.2, 0.25) is 0 Å². The second-order valence-corrected chi connectivity index (χ2v) is 4.78. The molecule has 0 amide bonds. The van der Waals surface area contributed by atoms with Crippen molar-refractivity contribution in [2.45, 2.75) is 45.3 Å². The molecule has 1 fully saturated rings. The Balaban J connectivity index is 1.89.